The van der Waals surface area contributed by atoms with Crippen LogP contribution in [0.4, 0.5) is 11.6 Å². The quantitative estimate of drug-likeness (QED) is 0.252. The fourth-order valence-electron chi connectivity index (χ4n) is 4.85. The molecule has 1 heterocycles. The first-order chi connectivity index (χ1) is 19.1. The van der Waals surface area contributed by atoms with Crippen LogP contribution in [0, 0.1) is 0 Å². The van der Waals surface area contributed by atoms with Crippen molar-refractivity contribution in [2.45, 2.75) is 44.6 Å². The maximum Gasteiger partial charge on any atom is 0.270 e. The number of carbonyl (C=O) groups excluding carboxylic acids is 2. The summed E-state index contributed by atoms with van der Waals surface area (Å²) in [4.78, 5) is 27.7. The average Bonchev–Trinajstić information content (AvgIpc) is 3.49. The summed E-state index contributed by atoms with van der Waals surface area (Å²) in [5.41, 5.74) is 4.23. The predicted molar refractivity (Wildman–Crippen MR) is 153 cm³/mol. The average molecular weight is 541 g/mol. The number of nitrogens with zero attached hydrogens (tertiary/aromatic N) is 4. The van der Waals surface area contributed by atoms with Gasteiger partial charge in [-0.15, -0.1) is 5.10 Å². The number of carbonyl (C=O) groups is 2. The third kappa shape index (κ3) is 6.78. The van der Waals surface area contributed by atoms with Gasteiger partial charge in [0.15, 0.2) is 0 Å². The lowest BCUT2D eigenvalue weighted by atomic mass is 9.84. The van der Waals surface area contributed by atoms with Gasteiger partial charge in [-0.1, -0.05) is 78.4 Å². The topological polar surface area (TPSA) is 104 Å². The SMILES string of the molecule is O=C(Nc1nn[nH]n1)c1ccc(CN(C(=O)C=Cc2ccccc2Cl)c2ccc(C3CCCCC3)cc2)cc1. The molecule has 198 valence electrons. The molecule has 0 atom stereocenters. The van der Waals surface area contributed by atoms with Crippen LogP contribution in [0.3, 0.4) is 0 Å². The Morgan fingerprint density at radius 1 is 0.974 bits per heavy atom. The van der Waals surface area contributed by atoms with Crippen LogP contribution in [0.1, 0.15) is 65.1 Å². The Hall–Kier alpha value is -4.30. The second-order valence-corrected chi connectivity index (χ2v) is 10.00. The number of aromatic nitrogens is 4. The first-order valence-electron chi connectivity index (χ1n) is 13.0. The summed E-state index contributed by atoms with van der Waals surface area (Å²) in [7, 11) is 0. The van der Waals surface area contributed by atoms with Gasteiger partial charge in [-0.3, -0.25) is 14.9 Å². The van der Waals surface area contributed by atoms with Gasteiger partial charge in [0.05, 0.1) is 6.54 Å². The summed E-state index contributed by atoms with van der Waals surface area (Å²) in [6, 6.07) is 22.8. The monoisotopic (exact) mass is 540 g/mol. The van der Waals surface area contributed by atoms with Crippen LogP contribution >= 0.6 is 11.6 Å². The maximum atomic E-state index is 13.5. The standard InChI is InChI=1S/C30H29ClN6O2/c31-27-9-5-4-8-24(27)16-19-28(38)37(26-17-14-23(15-18-26)22-6-2-1-3-7-22)20-21-10-12-25(13-11-21)29(39)32-30-33-35-36-34-30/h4-5,8-19,22H,1-3,6-7,20H2,(H2,32,33,34,35,36,39). The van der Waals surface area contributed by atoms with Gasteiger partial charge < -0.3 is 4.90 Å². The van der Waals surface area contributed by atoms with Gasteiger partial charge in [0.2, 0.25) is 0 Å². The van der Waals surface area contributed by atoms with Crippen LogP contribution in [0.5, 0.6) is 0 Å². The molecule has 1 fully saturated rings. The predicted octanol–water partition coefficient (Wildman–Crippen LogP) is 6.40. The van der Waals surface area contributed by atoms with Crippen LogP contribution in [0.2, 0.25) is 5.02 Å². The number of nitrogens with one attached hydrogen (secondary N) is 2. The van der Waals surface area contributed by atoms with Gasteiger partial charge in [0.1, 0.15) is 0 Å². The summed E-state index contributed by atoms with van der Waals surface area (Å²) in [5.74, 6) is 0.169. The molecule has 3 aromatic carbocycles. The number of benzene rings is 3. The molecular weight excluding hydrogens is 512 g/mol. The molecule has 1 aromatic heterocycles. The van der Waals surface area contributed by atoms with Crippen molar-refractivity contribution in [3.8, 4) is 0 Å². The molecule has 0 saturated heterocycles. The Morgan fingerprint density at radius 2 is 1.72 bits per heavy atom. The van der Waals surface area contributed by atoms with Crippen LogP contribution in [0.15, 0.2) is 78.9 Å². The van der Waals surface area contributed by atoms with E-state index in [0.29, 0.717) is 23.0 Å². The Bertz CT molecular complexity index is 1430. The highest BCUT2D eigenvalue weighted by Crippen LogP contribution is 2.33. The highest BCUT2D eigenvalue weighted by Gasteiger charge is 2.18. The third-order valence-corrected chi connectivity index (χ3v) is 7.33. The highest BCUT2D eigenvalue weighted by molar-refractivity contribution is 6.32. The molecule has 5 rings (SSSR count). The number of halogens is 1. The summed E-state index contributed by atoms with van der Waals surface area (Å²) < 4.78 is 0. The molecule has 0 aliphatic heterocycles. The molecule has 2 N–H and O–H groups in total. The summed E-state index contributed by atoms with van der Waals surface area (Å²) in [6.07, 6.45) is 9.57. The number of tetrazole rings is 1. The summed E-state index contributed by atoms with van der Waals surface area (Å²) in [5, 5.41) is 16.3. The number of rotatable bonds is 8. The van der Waals surface area contributed by atoms with E-state index in [1.807, 2.05) is 42.5 Å². The Morgan fingerprint density at radius 3 is 2.41 bits per heavy atom. The van der Waals surface area contributed by atoms with Crippen molar-refractivity contribution in [2.24, 2.45) is 0 Å². The van der Waals surface area contributed by atoms with Gasteiger partial charge in [-0.2, -0.15) is 5.21 Å². The van der Waals surface area contributed by atoms with Gasteiger partial charge in [-0.05, 0) is 77.1 Å². The highest BCUT2D eigenvalue weighted by atomic mass is 35.5. The van der Waals surface area contributed by atoms with E-state index >= 15 is 0 Å². The molecule has 0 bridgehead atoms. The zero-order chi connectivity index (χ0) is 27.0. The van der Waals surface area contributed by atoms with Crippen LogP contribution in [-0.2, 0) is 11.3 Å². The molecule has 9 heteroatoms. The van der Waals surface area contributed by atoms with Gasteiger partial charge in [-0.25, -0.2) is 0 Å². The first kappa shape index (κ1) is 26.3. The minimum Gasteiger partial charge on any atom is -0.304 e. The van der Waals surface area contributed by atoms with E-state index in [0.717, 1.165) is 16.8 Å². The van der Waals surface area contributed by atoms with Crippen molar-refractivity contribution >= 4 is 41.1 Å². The number of hydrogen-bond acceptors (Lipinski definition) is 5. The van der Waals surface area contributed by atoms with E-state index in [1.54, 1.807) is 35.3 Å². The van der Waals surface area contributed by atoms with E-state index in [-0.39, 0.29) is 17.8 Å². The molecule has 1 saturated carbocycles. The molecule has 0 unspecified atom stereocenters. The number of aromatic amines is 1. The molecule has 1 aliphatic carbocycles. The minimum absolute atomic E-state index is 0.0998. The van der Waals surface area contributed by atoms with E-state index < -0.39 is 0 Å². The maximum absolute atomic E-state index is 13.5. The van der Waals surface area contributed by atoms with E-state index in [1.165, 1.54) is 37.7 Å². The van der Waals surface area contributed by atoms with E-state index in [9.17, 15) is 9.59 Å². The first-order valence-corrected chi connectivity index (χ1v) is 13.4. The van der Waals surface area contributed by atoms with Crippen molar-refractivity contribution in [2.75, 3.05) is 10.2 Å². The zero-order valence-electron chi connectivity index (χ0n) is 21.4. The Kier molecular flexibility index (Phi) is 8.43. The number of amides is 2. The van der Waals surface area contributed by atoms with Crippen molar-refractivity contribution in [3.63, 3.8) is 0 Å². The lowest BCUT2D eigenvalue weighted by molar-refractivity contribution is -0.114. The van der Waals surface area contributed by atoms with E-state index in [2.05, 4.69) is 38.1 Å². The smallest absolute Gasteiger partial charge is 0.270 e. The van der Waals surface area contributed by atoms with Crippen LogP contribution in [-0.4, -0.2) is 32.4 Å². The lowest BCUT2D eigenvalue weighted by Gasteiger charge is -2.25. The minimum atomic E-state index is -0.350. The van der Waals surface area contributed by atoms with Crippen LogP contribution in [0.25, 0.3) is 6.08 Å². The third-order valence-electron chi connectivity index (χ3n) is 6.99. The number of anilines is 2. The zero-order valence-corrected chi connectivity index (χ0v) is 22.1. The fraction of sp³-hybridized carbons (Fsp3) is 0.233. The summed E-state index contributed by atoms with van der Waals surface area (Å²) >= 11 is 6.29. The van der Waals surface area contributed by atoms with E-state index in [4.69, 9.17) is 11.6 Å². The van der Waals surface area contributed by atoms with Crippen molar-refractivity contribution in [1.82, 2.24) is 20.6 Å². The molecule has 0 radical (unpaired) electrons. The molecule has 1 aliphatic rings. The molecular formula is C30H29ClN6O2. The molecule has 39 heavy (non-hydrogen) atoms. The van der Waals surface area contributed by atoms with Crippen molar-refractivity contribution in [1.29, 1.82) is 0 Å². The second kappa shape index (κ2) is 12.5. The van der Waals surface area contributed by atoms with Gasteiger partial charge in [0, 0.05) is 22.3 Å². The fourth-order valence-corrected chi connectivity index (χ4v) is 5.05. The molecule has 0 spiro atoms. The normalized spacial score (nSPS) is 13.9. The second-order valence-electron chi connectivity index (χ2n) is 9.59. The van der Waals surface area contributed by atoms with Crippen molar-refractivity contribution in [3.05, 3.63) is 106 Å². The molecule has 4 aromatic rings. The largest absolute Gasteiger partial charge is 0.304 e. The summed E-state index contributed by atoms with van der Waals surface area (Å²) in [6.45, 7) is 0.335. The Labute approximate surface area is 232 Å². The van der Waals surface area contributed by atoms with Gasteiger partial charge >= 0.3 is 0 Å². The van der Waals surface area contributed by atoms with Crippen LogP contribution < -0.4 is 10.2 Å². The molecule has 2 amide bonds. The van der Waals surface area contributed by atoms with Crippen molar-refractivity contribution < 1.29 is 9.59 Å². The lowest BCUT2D eigenvalue weighted by Crippen LogP contribution is -2.28. The van der Waals surface area contributed by atoms with Gasteiger partial charge in [0.25, 0.3) is 17.8 Å². The number of hydrogen-bond donors (Lipinski definition) is 2. The Balaban J connectivity index is 1.36. The molecule has 8 nitrogen and oxygen atoms in total. The number of H-pyrrole nitrogens is 1.